The van der Waals surface area contributed by atoms with Crippen LogP contribution in [0, 0.1) is 6.92 Å². The second-order valence-electron chi connectivity index (χ2n) is 8.23. The molecular formula is C21H26N2O5S. The zero-order valence-corrected chi connectivity index (χ0v) is 17.7. The first kappa shape index (κ1) is 20.3. The molecular weight excluding hydrogens is 392 g/mol. The van der Waals surface area contributed by atoms with Crippen molar-refractivity contribution in [3.63, 3.8) is 0 Å². The molecule has 1 aromatic carbocycles. The number of fused-ring (bicyclic) bond motifs is 1. The van der Waals surface area contributed by atoms with Gasteiger partial charge in [-0.2, -0.15) is 0 Å². The van der Waals surface area contributed by atoms with Gasteiger partial charge in [-0.25, -0.2) is 4.98 Å². The largest absolute Gasteiger partial charge is 0.490 e. The van der Waals surface area contributed by atoms with Crippen molar-refractivity contribution >= 4 is 17.2 Å². The molecule has 1 N–H and O–H groups in total. The predicted octanol–water partition coefficient (Wildman–Crippen LogP) is 2.72. The van der Waals surface area contributed by atoms with Gasteiger partial charge in [0.1, 0.15) is 30.3 Å². The molecule has 8 heteroatoms. The Bertz CT molecular complexity index is 880. The Labute approximate surface area is 174 Å². The van der Waals surface area contributed by atoms with Crippen LogP contribution in [0.15, 0.2) is 29.8 Å². The van der Waals surface area contributed by atoms with Crippen molar-refractivity contribution in [3.05, 3.63) is 45.9 Å². The van der Waals surface area contributed by atoms with Crippen LogP contribution in [-0.2, 0) is 15.1 Å². The van der Waals surface area contributed by atoms with E-state index < -0.39 is 11.2 Å². The second kappa shape index (κ2) is 7.68. The maximum atomic E-state index is 13.1. The van der Waals surface area contributed by atoms with E-state index >= 15 is 0 Å². The number of thiazole rings is 1. The lowest BCUT2D eigenvalue weighted by Crippen LogP contribution is -2.53. The molecule has 2 fully saturated rings. The molecule has 0 unspecified atom stereocenters. The summed E-state index contributed by atoms with van der Waals surface area (Å²) in [5.41, 5.74) is 0.00552. The summed E-state index contributed by atoms with van der Waals surface area (Å²) in [5, 5.41) is 12.7. The highest BCUT2D eigenvalue weighted by Crippen LogP contribution is 2.43. The van der Waals surface area contributed by atoms with E-state index in [9.17, 15) is 9.90 Å². The van der Waals surface area contributed by atoms with Crippen molar-refractivity contribution in [2.75, 3.05) is 26.5 Å². The number of nitrogens with zero attached hydrogens (tertiary/aromatic N) is 2. The zero-order chi connectivity index (χ0) is 20.6. The van der Waals surface area contributed by atoms with Crippen molar-refractivity contribution in [2.24, 2.45) is 0 Å². The molecule has 0 bridgehead atoms. The van der Waals surface area contributed by atoms with Crippen LogP contribution in [0.2, 0.25) is 0 Å². The number of aryl methyl sites for hydroxylation is 1. The fourth-order valence-electron chi connectivity index (χ4n) is 3.78. The Kier molecular flexibility index (Phi) is 5.37. The second-order valence-corrected chi connectivity index (χ2v) is 9.12. The molecule has 0 saturated carbocycles. The fraction of sp³-hybridized carbons (Fsp3) is 0.524. The minimum atomic E-state index is -0.915. The number of likely N-dealkylation sites (tertiary alicyclic amines) is 1. The Morgan fingerprint density at radius 3 is 3.00 bits per heavy atom. The predicted molar refractivity (Wildman–Crippen MR) is 108 cm³/mol. The summed E-state index contributed by atoms with van der Waals surface area (Å²) in [4.78, 5) is 19.3. The molecule has 4 rings (SSSR count). The number of carbonyl (C=O) groups is 1. The van der Waals surface area contributed by atoms with E-state index in [2.05, 4.69) is 4.98 Å². The maximum Gasteiger partial charge on any atom is 0.253 e. The first-order valence-electron chi connectivity index (χ1n) is 9.69. The van der Waals surface area contributed by atoms with Crippen LogP contribution < -0.4 is 4.74 Å². The van der Waals surface area contributed by atoms with Crippen molar-refractivity contribution in [1.29, 1.82) is 0 Å². The first-order chi connectivity index (χ1) is 13.8. The van der Waals surface area contributed by atoms with Gasteiger partial charge in [0, 0.05) is 30.1 Å². The molecule has 1 aromatic heterocycles. The van der Waals surface area contributed by atoms with Gasteiger partial charge >= 0.3 is 0 Å². The monoisotopic (exact) mass is 418 g/mol. The number of hydrogen-bond donors (Lipinski definition) is 1. The summed E-state index contributed by atoms with van der Waals surface area (Å²) in [6.45, 7) is 6.73. The van der Waals surface area contributed by atoms with E-state index in [-0.39, 0.29) is 25.4 Å². The minimum Gasteiger partial charge on any atom is -0.490 e. The van der Waals surface area contributed by atoms with Gasteiger partial charge in [0.05, 0.1) is 12.1 Å². The van der Waals surface area contributed by atoms with E-state index in [1.54, 1.807) is 43.5 Å². The summed E-state index contributed by atoms with van der Waals surface area (Å²) >= 11 is 1.56. The van der Waals surface area contributed by atoms with E-state index in [1.807, 2.05) is 23.3 Å². The molecule has 2 atom stereocenters. The molecule has 29 heavy (non-hydrogen) atoms. The summed E-state index contributed by atoms with van der Waals surface area (Å²) in [6.07, 6.45) is 2.21. The number of hydrogen-bond acceptors (Lipinski definition) is 7. The average Bonchev–Trinajstić information content (AvgIpc) is 3.35. The van der Waals surface area contributed by atoms with Crippen LogP contribution in [0.3, 0.4) is 0 Å². The topological polar surface area (TPSA) is 81.1 Å². The molecule has 1 amide bonds. The lowest BCUT2D eigenvalue weighted by Gasteiger charge is -2.40. The number of ether oxygens (including phenoxy) is 3. The number of amides is 1. The molecule has 3 heterocycles. The third-order valence-electron chi connectivity index (χ3n) is 5.33. The lowest BCUT2D eigenvalue weighted by molar-refractivity contribution is -0.0440. The van der Waals surface area contributed by atoms with Gasteiger partial charge in [0.25, 0.3) is 5.91 Å². The number of piperidine rings is 1. The highest BCUT2D eigenvalue weighted by Gasteiger charge is 2.52. The van der Waals surface area contributed by atoms with Gasteiger partial charge in [-0.05, 0) is 44.5 Å². The van der Waals surface area contributed by atoms with Crippen molar-refractivity contribution in [2.45, 2.75) is 44.5 Å². The standard InChI is InChI=1S/C21H26N2O5S/c1-14-10-15(4-5-16(14)26-12-20(2,3)25)18(24)23-8-6-21(19-22-7-9-29-19)17(11-23)27-13-28-21/h4-5,7,9-10,17,25H,6,8,11-13H2,1-3H3/t17-,21+/m0/s1. The number of aliphatic hydroxyl groups is 1. The van der Waals surface area contributed by atoms with Crippen LogP contribution in [0.4, 0.5) is 0 Å². The number of aromatic nitrogens is 1. The van der Waals surface area contributed by atoms with Gasteiger partial charge in [0.2, 0.25) is 0 Å². The average molecular weight is 419 g/mol. The van der Waals surface area contributed by atoms with Crippen LogP contribution >= 0.6 is 11.3 Å². The van der Waals surface area contributed by atoms with Gasteiger partial charge in [-0.1, -0.05) is 0 Å². The Balaban J connectivity index is 1.46. The number of benzene rings is 1. The normalized spacial score (nSPS) is 24.4. The summed E-state index contributed by atoms with van der Waals surface area (Å²) in [7, 11) is 0. The van der Waals surface area contributed by atoms with E-state index in [1.165, 1.54) is 0 Å². The van der Waals surface area contributed by atoms with Crippen molar-refractivity contribution in [3.8, 4) is 5.75 Å². The maximum absolute atomic E-state index is 13.1. The Morgan fingerprint density at radius 1 is 1.48 bits per heavy atom. The van der Waals surface area contributed by atoms with Crippen LogP contribution in [0.1, 0.15) is 41.2 Å². The summed E-state index contributed by atoms with van der Waals surface area (Å²) < 4.78 is 17.5. The SMILES string of the molecule is Cc1cc(C(=O)N2CC[C@@]3(c4nccs4)OCO[C@H]3C2)ccc1OCC(C)(C)O. The lowest BCUT2D eigenvalue weighted by atomic mass is 9.88. The number of rotatable bonds is 5. The minimum absolute atomic E-state index is 0.0367. The van der Waals surface area contributed by atoms with Gasteiger partial charge < -0.3 is 24.2 Å². The first-order valence-corrected chi connectivity index (χ1v) is 10.6. The van der Waals surface area contributed by atoms with E-state index in [4.69, 9.17) is 14.2 Å². The van der Waals surface area contributed by atoms with Crippen molar-refractivity contribution < 1.29 is 24.1 Å². The summed E-state index contributed by atoms with van der Waals surface area (Å²) in [6, 6.07) is 5.38. The van der Waals surface area contributed by atoms with Crippen LogP contribution in [0.5, 0.6) is 5.75 Å². The molecule has 0 radical (unpaired) electrons. The van der Waals surface area contributed by atoms with E-state index in [0.717, 1.165) is 10.6 Å². The molecule has 156 valence electrons. The smallest absolute Gasteiger partial charge is 0.253 e. The van der Waals surface area contributed by atoms with Gasteiger partial charge in [-0.15, -0.1) is 11.3 Å². The number of carbonyl (C=O) groups excluding carboxylic acids is 1. The quantitative estimate of drug-likeness (QED) is 0.804. The van der Waals surface area contributed by atoms with Crippen molar-refractivity contribution in [1.82, 2.24) is 9.88 Å². The molecule has 0 aliphatic carbocycles. The van der Waals surface area contributed by atoms with E-state index in [0.29, 0.717) is 30.8 Å². The molecule has 2 aliphatic heterocycles. The highest BCUT2D eigenvalue weighted by molar-refractivity contribution is 7.09. The third-order valence-corrected chi connectivity index (χ3v) is 6.26. The molecule has 7 nitrogen and oxygen atoms in total. The zero-order valence-electron chi connectivity index (χ0n) is 16.9. The fourth-order valence-corrected chi connectivity index (χ4v) is 4.64. The molecule has 0 spiro atoms. The molecule has 2 aromatic rings. The van der Waals surface area contributed by atoms with Gasteiger partial charge in [-0.3, -0.25) is 4.79 Å². The van der Waals surface area contributed by atoms with Crippen LogP contribution in [0.25, 0.3) is 0 Å². The molecule has 2 saturated heterocycles. The Hall–Kier alpha value is -2.00. The molecule has 2 aliphatic rings. The highest BCUT2D eigenvalue weighted by atomic mass is 32.1. The Morgan fingerprint density at radius 2 is 2.31 bits per heavy atom. The van der Waals surface area contributed by atoms with Crippen LogP contribution in [-0.4, -0.2) is 59.1 Å². The third kappa shape index (κ3) is 4.02. The van der Waals surface area contributed by atoms with Gasteiger partial charge in [0.15, 0.2) is 5.60 Å². The summed E-state index contributed by atoms with van der Waals surface area (Å²) in [5.74, 6) is 0.628.